The zero-order chi connectivity index (χ0) is 13.9. The van der Waals surface area contributed by atoms with Crippen LogP contribution in [0, 0.1) is 0 Å². The van der Waals surface area contributed by atoms with Gasteiger partial charge in [0, 0.05) is 40.7 Å². The summed E-state index contributed by atoms with van der Waals surface area (Å²) < 4.78 is 1.17. The molecule has 20 heavy (non-hydrogen) atoms. The Hall–Kier alpha value is -0.840. The Balaban J connectivity index is 1.58. The van der Waals surface area contributed by atoms with Crippen LogP contribution in [-0.2, 0) is 13.0 Å². The first-order valence-corrected chi connectivity index (χ1v) is 8.69. The topological polar surface area (TPSA) is 15.3 Å². The second-order valence-corrected chi connectivity index (χ2v) is 7.28. The van der Waals surface area contributed by atoms with Crippen molar-refractivity contribution in [3.63, 3.8) is 0 Å². The third kappa shape index (κ3) is 3.25. The zero-order valence-corrected chi connectivity index (χ0v) is 14.0. The summed E-state index contributed by atoms with van der Waals surface area (Å²) in [6, 6.07) is 11.4. The normalized spacial score (nSPS) is 15.4. The molecule has 0 fully saturated rings. The largest absolute Gasteiger partial charge is 0.369 e. The lowest BCUT2D eigenvalue weighted by molar-refractivity contribution is 0.542. The fourth-order valence-electron chi connectivity index (χ4n) is 2.69. The maximum absolute atomic E-state index is 3.61. The van der Waals surface area contributed by atoms with E-state index in [9.17, 15) is 0 Å². The van der Waals surface area contributed by atoms with Crippen molar-refractivity contribution in [3.05, 3.63) is 50.6 Å². The van der Waals surface area contributed by atoms with E-state index in [1.807, 2.05) is 11.3 Å². The molecule has 0 saturated carbocycles. The van der Waals surface area contributed by atoms with Crippen LogP contribution in [-0.4, -0.2) is 19.1 Å². The van der Waals surface area contributed by atoms with Gasteiger partial charge in [0.2, 0.25) is 0 Å². The van der Waals surface area contributed by atoms with E-state index in [4.69, 9.17) is 0 Å². The molecule has 1 aromatic carbocycles. The second-order valence-electron chi connectivity index (χ2n) is 5.33. The van der Waals surface area contributed by atoms with Gasteiger partial charge in [-0.25, -0.2) is 0 Å². The van der Waals surface area contributed by atoms with Crippen LogP contribution in [0.1, 0.15) is 17.4 Å². The number of hydrogen-bond donors (Lipinski definition) is 1. The summed E-state index contributed by atoms with van der Waals surface area (Å²) in [7, 11) is 0. The average Bonchev–Trinajstić information content (AvgIpc) is 3.07. The van der Waals surface area contributed by atoms with Crippen LogP contribution in [0.2, 0.25) is 0 Å². The van der Waals surface area contributed by atoms with Crippen LogP contribution in [0.4, 0.5) is 5.69 Å². The fourth-order valence-corrected chi connectivity index (χ4v) is 3.70. The Labute approximate surface area is 132 Å². The molecule has 1 aliphatic rings. The van der Waals surface area contributed by atoms with Gasteiger partial charge in [-0.2, -0.15) is 0 Å². The van der Waals surface area contributed by atoms with Crippen molar-refractivity contribution >= 4 is 33.0 Å². The summed E-state index contributed by atoms with van der Waals surface area (Å²) >= 11 is 5.39. The minimum absolute atomic E-state index is 0.488. The van der Waals surface area contributed by atoms with E-state index in [1.165, 1.54) is 27.0 Å². The van der Waals surface area contributed by atoms with Crippen molar-refractivity contribution in [2.45, 2.75) is 25.9 Å². The summed E-state index contributed by atoms with van der Waals surface area (Å²) in [5, 5.41) is 5.75. The molecule has 1 atom stereocenters. The molecule has 1 aromatic heterocycles. The van der Waals surface area contributed by atoms with E-state index >= 15 is 0 Å². The number of benzene rings is 1. The summed E-state index contributed by atoms with van der Waals surface area (Å²) in [6.45, 7) is 5.44. The molecule has 2 nitrogen and oxygen atoms in total. The molecule has 2 aromatic rings. The lowest BCUT2D eigenvalue weighted by Crippen LogP contribution is -2.38. The highest BCUT2D eigenvalue weighted by atomic mass is 79.9. The predicted octanol–water partition coefficient (Wildman–Crippen LogP) is 4.05. The minimum atomic E-state index is 0.488. The van der Waals surface area contributed by atoms with Crippen LogP contribution in [0.15, 0.2) is 40.2 Å². The number of nitrogens with one attached hydrogen (secondary N) is 1. The average molecular weight is 351 g/mol. The number of nitrogens with zero attached hydrogens (tertiary/aromatic N) is 1. The number of fused-ring (bicyclic) bond motifs is 1. The smallest absolute Gasteiger partial charge is 0.0411 e. The van der Waals surface area contributed by atoms with Crippen molar-refractivity contribution in [2.24, 2.45) is 0 Å². The number of anilines is 1. The van der Waals surface area contributed by atoms with Crippen molar-refractivity contribution in [2.75, 3.05) is 18.0 Å². The number of rotatable bonds is 5. The van der Waals surface area contributed by atoms with Crippen LogP contribution in [0.3, 0.4) is 0 Å². The summed E-state index contributed by atoms with van der Waals surface area (Å²) in [5.74, 6) is 0. The first kappa shape index (κ1) is 14.1. The first-order chi connectivity index (χ1) is 9.72. The fraction of sp³-hybridized carbons (Fsp3) is 0.375. The van der Waals surface area contributed by atoms with Gasteiger partial charge in [0.25, 0.3) is 0 Å². The van der Waals surface area contributed by atoms with Gasteiger partial charge in [-0.3, -0.25) is 0 Å². The van der Waals surface area contributed by atoms with Crippen LogP contribution in [0.5, 0.6) is 0 Å². The molecule has 1 N–H and O–H groups in total. The van der Waals surface area contributed by atoms with Gasteiger partial charge in [0.1, 0.15) is 0 Å². The minimum Gasteiger partial charge on any atom is -0.369 e. The van der Waals surface area contributed by atoms with E-state index in [1.54, 1.807) is 0 Å². The first-order valence-electron chi connectivity index (χ1n) is 7.01. The number of hydrogen-bond acceptors (Lipinski definition) is 3. The molecular weight excluding hydrogens is 332 g/mol. The van der Waals surface area contributed by atoms with Crippen molar-refractivity contribution in [3.8, 4) is 0 Å². The number of thiophene rings is 1. The maximum atomic E-state index is 3.61. The van der Waals surface area contributed by atoms with Gasteiger partial charge in [0.15, 0.2) is 0 Å². The quantitative estimate of drug-likeness (QED) is 0.874. The summed E-state index contributed by atoms with van der Waals surface area (Å²) in [6.07, 6.45) is 1.17. The molecule has 1 aliphatic heterocycles. The molecule has 3 rings (SSSR count). The molecular formula is C16H19BrN2S. The second kappa shape index (κ2) is 6.29. The van der Waals surface area contributed by atoms with Crippen LogP contribution < -0.4 is 10.2 Å². The Kier molecular flexibility index (Phi) is 4.44. The van der Waals surface area contributed by atoms with Crippen molar-refractivity contribution in [1.82, 2.24) is 5.32 Å². The molecule has 2 heterocycles. The molecule has 0 saturated heterocycles. The third-order valence-corrected chi connectivity index (χ3v) is 5.11. The van der Waals surface area contributed by atoms with Gasteiger partial charge in [0.05, 0.1) is 0 Å². The van der Waals surface area contributed by atoms with E-state index in [0.717, 1.165) is 19.6 Å². The van der Waals surface area contributed by atoms with Crippen LogP contribution in [0.25, 0.3) is 0 Å². The zero-order valence-electron chi connectivity index (χ0n) is 11.6. The Morgan fingerprint density at radius 2 is 2.30 bits per heavy atom. The third-order valence-electron chi connectivity index (χ3n) is 3.74. The van der Waals surface area contributed by atoms with Gasteiger partial charge >= 0.3 is 0 Å². The molecule has 0 amide bonds. The molecule has 0 bridgehead atoms. The predicted molar refractivity (Wildman–Crippen MR) is 90.7 cm³/mol. The molecule has 106 valence electrons. The van der Waals surface area contributed by atoms with Crippen LogP contribution >= 0.6 is 27.3 Å². The highest BCUT2D eigenvalue weighted by Crippen LogP contribution is 2.30. The molecule has 4 heteroatoms. The van der Waals surface area contributed by atoms with Gasteiger partial charge < -0.3 is 10.2 Å². The maximum Gasteiger partial charge on any atom is 0.0411 e. The van der Waals surface area contributed by atoms with Crippen molar-refractivity contribution in [1.29, 1.82) is 0 Å². The lowest BCUT2D eigenvalue weighted by atomic mass is 10.2. The highest BCUT2D eigenvalue weighted by molar-refractivity contribution is 9.10. The standard InChI is InChI=1S/C16H19BrN2S/c1-12(18-10-15-3-2-8-20-15)11-19-7-6-13-4-5-14(17)9-16(13)19/h2-5,8-9,12,18H,6-7,10-11H2,1H3/t12-/m0/s1. The molecule has 0 spiro atoms. The summed E-state index contributed by atoms with van der Waals surface area (Å²) in [4.78, 5) is 3.90. The summed E-state index contributed by atoms with van der Waals surface area (Å²) in [5.41, 5.74) is 2.86. The Bertz CT molecular complexity index is 568. The Morgan fingerprint density at radius 3 is 3.10 bits per heavy atom. The lowest BCUT2D eigenvalue weighted by Gasteiger charge is -2.24. The molecule has 0 unspecified atom stereocenters. The van der Waals surface area contributed by atoms with E-state index in [2.05, 4.69) is 68.8 Å². The molecule has 0 radical (unpaired) electrons. The van der Waals surface area contributed by atoms with E-state index in [-0.39, 0.29) is 0 Å². The van der Waals surface area contributed by atoms with Gasteiger partial charge in [-0.05, 0) is 42.5 Å². The monoisotopic (exact) mass is 350 g/mol. The van der Waals surface area contributed by atoms with E-state index < -0.39 is 0 Å². The van der Waals surface area contributed by atoms with E-state index in [0.29, 0.717) is 6.04 Å². The van der Waals surface area contributed by atoms with Gasteiger partial charge in [-0.15, -0.1) is 11.3 Å². The highest BCUT2D eigenvalue weighted by Gasteiger charge is 2.20. The van der Waals surface area contributed by atoms with Gasteiger partial charge in [-0.1, -0.05) is 28.1 Å². The molecule has 0 aliphatic carbocycles. The van der Waals surface area contributed by atoms with Crippen molar-refractivity contribution < 1.29 is 0 Å². The number of halogens is 1. The Morgan fingerprint density at radius 1 is 1.40 bits per heavy atom. The SMILES string of the molecule is C[C@@H](CN1CCc2ccc(Br)cc21)NCc1cccs1.